The van der Waals surface area contributed by atoms with E-state index < -0.39 is 0 Å². The van der Waals surface area contributed by atoms with Gasteiger partial charge >= 0.3 is 0 Å². The van der Waals surface area contributed by atoms with Gasteiger partial charge in [0.15, 0.2) is 5.78 Å². The second kappa shape index (κ2) is 6.28. The minimum Gasteiger partial charge on any atom is -0.356 e. The second-order valence-corrected chi connectivity index (χ2v) is 6.19. The van der Waals surface area contributed by atoms with E-state index in [0.29, 0.717) is 16.5 Å². The lowest BCUT2D eigenvalue weighted by atomic mass is 9.95. The molecular formula is C14H20N2O2S. The number of carbonyl (C=O) groups excluding carboxylic acids is 2. The molecule has 1 aromatic rings. The summed E-state index contributed by atoms with van der Waals surface area (Å²) in [6.45, 7) is 1.50. The molecule has 0 saturated heterocycles. The normalized spacial score (nSPS) is 23.1. The van der Waals surface area contributed by atoms with Gasteiger partial charge in [-0.1, -0.05) is 6.42 Å². The molecule has 1 aliphatic carbocycles. The van der Waals surface area contributed by atoms with E-state index in [9.17, 15) is 9.59 Å². The van der Waals surface area contributed by atoms with Crippen LogP contribution in [0.1, 0.15) is 53.5 Å². The number of thioether (sulfide) groups is 1. The highest BCUT2D eigenvalue weighted by Crippen LogP contribution is 2.27. The van der Waals surface area contributed by atoms with Crippen molar-refractivity contribution in [2.75, 3.05) is 6.26 Å². The summed E-state index contributed by atoms with van der Waals surface area (Å²) in [6, 6.07) is 1.87. The summed E-state index contributed by atoms with van der Waals surface area (Å²) in [5, 5.41) is 3.71. The standard InChI is InChI=1S/C14H20N2O2S/c1-9(17)10-6-13(15-8-10)14(18)16-11-4-3-5-12(7-11)19-2/h6,8,11-12,15H,3-5,7H2,1-2H3,(H,16,18)/t11-,12-/m0/s1. The Kier molecular flexibility index (Phi) is 4.69. The van der Waals surface area contributed by atoms with Crippen molar-refractivity contribution in [3.63, 3.8) is 0 Å². The van der Waals surface area contributed by atoms with Crippen molar-refractivity contribution in [1.82, 2.24) is 10.3 Å². The summed E-state index contributed by atoms with van der Waals surface area (Å²) in [5.74, 6) is -0.144. The van der Waals surface area contributed by atoms with Gasteiger partial charge in [-0.3, -0.25) is 9.59 Å². The van der Waals surface area contributed by atoms with Crippen molar-refractivity contribution in [2.24, 2.45) is 0 Å². The van der Waals surface area contributed by atoms with Crippen LogP contribution in [0.15, 0.2) is 12.3 Å². The molecule has 4 nitrogen and oxygen atoms in total. The Morgan fingerprint density at radius 1 is 1.42 bits per heavy atom. The molecule has 5 heteroatoms. The van der Waals surface area contributed by atoms with Gasteiger partial charge in [-0.05, 0) is 38.5 Å². The molecule has 1 fully saturated rings. The molecule has 0 aromatic carbocycles. The number of rotatable bonds is 4. The van der Waals surface area contributed by atoms with Crippen LogP contribution < -0.4 is 5.32 Å². The van der Waals surface area contributed by atoms with Crippen molar-refractivity contribution >= 4 is 23.5 Å². The highest BCUT2D eigenvalue weighted by molar-refractivity contribution is 7.99. The quantitative estimate of drug-likeness (QED) is 0.833. The summed E-state index contributed by atoms with van der Waals surface area (Å²) in [7, 11) is 0. The predicted octanol–water partition coefficient (Wildman–Crippen LogP) is 2.62. The van der Waals surface area contributed by atoms with Crippen LogP contribution in [0.5, 0.6) is 0 Å². The lowest BCUT2D eigenvalue weighted by Crippen LogP contribution is -2.39. The summed E-state index contributed by atoms with van der Waals surface area (Å²) in [5.41, 5.74) is 1.02. The van der Waals surface area contributed by atoms with Gasteiger partial charge in [0, 0.05) is 23.1 Å². The van der Waals surface area contributed by atoms with Gasteiger partial charge in [0.1, 0.15) is 5.69 Å². The lowest BCUT2D eigenvalue weighted by Gasteiger charge is -2.28. The van der Waals surface area contributed by atoms with Crippen LogP contribution in [0.4, 0.5) is 0 Å². The minimum absolute atomic E-state index is 0.0320. The van der Waals surface area contributed by atoms with E-state index >= 15 is 0 Å². The second-order valence-electron chi connectivity index (χ2n) is 5.05. The average Bonchev–Trinajstić information content (AvgIpc) is 2.89. The fraction of sp³-hybridized carbons (Fsp3) is 0.571. The molecule has 1 aliphatic rings. The number of nitrogens with one attached hydrogen (secondary N) is 2. The maximum absolute atomic E-state index is 12.1. The zero-order valence-electron chi connectivity index (χ0n) is 11.4. The molecular weight excluding hydrogens is 260 g/mol. The highest BCUT2D eigenvalue weighted by atomic mass is 32.2. The van der Waals surface area contributed by atoms with Gasteiger partial charge in [-0.2, -0.15) is 11.8 Å². The van der Waals surface area contributed by atoms with Crippen molar-refractivity contribution < 1.29 is 9.59 Å². The van der Waals surface area contributed by atoms with Gasteiger partial charge < -0.3 is 10.3 Å². The SMILES string of the molecule is CS[C@H]1CCC[C@H](NC(=O)c2cc(C(C)=O)c[nH]2)C1. The maximum Gasteiger partial charge on any atom is 0.267 e. The van der Waals surface area contributed by atoms with Crippen LogP contribution in [-0.4, -0.2) is 34.2 Å². The Bertz CT molecular complexity index is 470. The molecule has 2 atom stereocenters. The van der Waals surface area contributed by atoms with Crippen molar-refractivity contribution in [3.05, 3.63) is 23.5 Å². The van der Waals surface area contributed by atoms with Crippen LogP contribution in [0.25, 0.3) is 0 Å². The fourth-order valence-corrected chi connectivity index (χ4v) is 3.31. The number of ketones is 1. The van der Waals surface area contributed by atoms with Gasteiger partial charge in [-0.15, -0.1) is 0 Å². The molecule has 0 radical (unpaired) electrons. The molecule has 1 aromatic heterocycles. The molecule has 0 bridgehead atoms. The molecule has 0 unspecified atom stereocenters. The van der Waals surface area contributed by atoms with E-state index in [2.05, 4.69) is 16.6 Å². The van der Waals surface area contributed by atoms with Crippen LogP contribution in [0.3, 0.4) is 0 Å². The zero-order valence-corrected chi connectivity index (χ0v) is 12.2. The molecule has 0 aliphatic heterocycles. The van der Waals surface area contributed by atoms with Gasteiger partial charge in [-0.25, -0.2) is 0 Å². The molecule has 19 heavy (non-hydrogen) atoms. The van der Waals surface area contributed by atoms with Crippen LogP contribution in [-0.2, 0) is 0 Å². The molecule has 104 valence electrons. The van der Waals surface area contributed by atoms with Gasteiger partial charge in [0.05, 0.1) is 0 Å². The first-order valence-corrected chi connectivity index (χ1v) is 7.92. The van der Waals surface area contributed by atoms with Crippen LogP contribution in [0, 0.1) is 0 Å². The Morgan fingerprint density at radius 2 is 2.21 bits per heavy atom. The van der Waals surface area contributed by atoms with E-state index in [4.69, 9.17) is 0 Å². The topological polar surface area (TPSA) is 62.0 Å². The van der Waals surface area contributed by atoms with Crippen molar-refractivity contribution in [2.45, 2.75) is 43.9 Å². The predicted molar refractivity (Wildman–Crippen MR) is 77.8 cm³/mol. The molecule has 2 N–H and O–H groups in total. The summed E-state index contributed by atoms with van der Waals surface area (Å²) >= 11 is 1.88. The maximum atomic E-state index is 12.1. The first kappa shape index (κ1) is 14.2. The number of aromatic amines is 1. The first-order valence-electron chi connectivity index (χ1n) is 6.63. The monoisotopic (exact) mass is 280 g/mol. The van der Waals surface area contributed by atoms with E-state index in [-0.39, 0.29) is 17.7 Å². The number of hydrogen-bond acceptors (Lipinski definition) is 3. The van der Waals surface area contributed by atoms with E-state index in [1.54, 1.807) is 12.3 Å². The third kappa shape index (κ3) is 3.62. The Balaban J connectivity index is 1.94. The molecule has 1 saturated carbocycles. The van der Waals surface area contributed by atoms with Crippen molar-refractivity contribution in [3.8, 4) is 0 Å². The summed E-state index contributed by atoms with van der Waals surface area (Å²) in [4.78, 5) is 26.1. The average molecular weight is 280 g/mol. The number of amides is 1. The third-order valence-electron chi connectivity index (χ3n) is 3.63. The van der Waals surface area contributed by atoms with E-state index in [1.807, 2.05) is 11.8 Å². The zero-order chi connectivity index (χ0) is 13.8. The largest absolute Gasteiger partial charge is 0.356 e. The number of carbonyl (C=O) groups is 2. The highest BCUT2D eigenvalue weighted by Gasteiger charge is 2.23. The fourth-order valence-electron chi connectivity index (χ4n) is 2.48. The van der Waals surface area contributed by atoms with Gasteiger partial charge in [0.25, 0.3) is 5.91 Å². The summed E-state index contributed by atoms with van der Waals surface area (Å²) < 4.78 is 0. The Hall–Kier alpha value is -1.23. The number of Topliss-reactive ketones (excluding diaryl/α,β-unsaturated/α-hetero) is 1. The van der Waals surface area contributed by atoms with E-state index in [0.717, 1.165) is 12.8 Å². The molecule has 1 amide bonds. The first-order chi connectivity index (χ1) is 9.10. The minimum atomic E-state index is -0.112. The smallest absolute Gasteiger partial charge is 0.267 e. The lowest BCUT2D eigenvalue weighted by molar-refractivity contribution is 0.0924. The number of H-pyrrole nitrogens is 1. The Labute approximate surface area is 117 Å². The van der Waals surface area contributed by atoms with Crippen LogP contribution >= 0.6 is 11.8 Å². The van der Waals surface area contributed by atoms with Gasteiger partial charge in [0.2, 0.25) is 0 Å². The molecule has 1 heterocycles. The third-order valence-corrected chi connectivity index (χ3v) is 4.72. The molecule has 0 spiro atoms. The van der Waals surface area contributed by atoms with Crippen molar-refractivity contribution in [1.29, 1.82) is 0 Å². The number of aromatic nitrogens is 1. The summed E-state index contributed by atoms with van der Waals surface area (Å²) in [6.07, 6.45) is 8.20. The van der Waals surface area contributed by atoms with E-state index in [1.165, 1.54) is 19.8 Å². The Morgan fingerprint density at radius 3 is 2.84 bits per heavy atom. The number of hydrogen-bond donors (Lipinski definition) is 2. The molecule has 2 rings (SSSR count). The van der Waals surface area contributed by atoms with Crippen LogP contribution in [0.2, 0.25) is 0 Å².